The van der Waals surface area contributed by atoms with E-state index in [1.165, 1.54) is 5.56 Å². The van der Waals surface area contributed by atoms with Gasteiger partial charge in [0.1, 0.15) is 12.0 Å². The van der Waals surface area contributed by atoms with Crippen LogP contribution in [-0.2, 0) is 4.79 Å². The van der Waals surface area contributed by atoms with Gasteiger partial charge in [-0.2, -0.15) is 0 Å². The molecule has 108 valence electrons. The zero-order valence-electron chi connectivity index (χ0n) is 11.9. The third-order valence-electron chi connectivity index (χ3n) is 5.88. The number of aliphatic hydroxyl groups is 1. The molecule has 3 heteroatoms. The number of phenolic OH excluding ortho intramolecular Hbond substituents is 1. The molecule has 4 atom stereocenters. The lowest BCUT2D eigenvalue weighted by atomic mass is 9.59. The lowest BCUT2D eigenvalue weighted by Crippen LogP contribution is -2.49. The standard InChI is InChI=1S/C17H22O3/c1-16-8-6-13(12-2-4-15(19)5-3-12)10-17(16,20)9-7-14(16)11-18/h2-5,11,13-14,19-20H,6-10H2,1H3/t13-,14+,16+,17-/m0/s1. The van der Waals surface area contributed by atoms with Crippen molar-refractivity contribution in [3.8, 4) is 5.75 Å². The van der Waals surface area contributed by atoms with Gasteiger partial charge in [0.05, 0.1) is 5.60 Å². The molecule has 0 heterocycles. The average Bonchev–Trinajstić information content (AvgIpc) is 2.70. The molecule has 0 aromatic heterocycles. The number of rotatable bonds is 2. The van der Waals surface area contributed by atoms with Crippen LogP contribution in [0.5, 0.6) is 5.75 Å². The van der Waals surface area contributed by atoms with Crippen molar-refractivity contribution in [1.82, 2.24) is 0 Å². The molecule has 0 radical (unpaired) electrons. The van der Waals surface area contributed by atoms with Gasteiger partial charge in [0.25, 0.3) is 0 Å². The minimum absolute atomic E-state index is 0.00623. The number of aromatic hydroxyl groups is 1. The zero-order valence-corrected chi connectivity index (χ0v) is 11.9. The third-order valence-corrected chi connectivity index (χ3v) is 5.88. The van der Waals surface area contributed by atoms with E-state index < -0.39 is 5.60 Å². The van der Waals surface area contributed by atoms with Gasteiger partial charge in [-0.3, -0.25) is 0 Å². The van der Waals surface area contributed by atoms with Gasteiger partial charge >= 0.3 is 0 Å². The predicted octanol–water partition coefficient (Wildman–Crippen LogP) is 3.01. The molecule has 2 aliphatic rings. The summed E-state index contributed by atoms with van der Waals surface area (Å²) in [6.07, 6.45) is 5.17. The number of aldehydes is 1. The van der Waals surface area contributed by atoms with Crippen molar-refractivity contribution < 1.29 is 15.0 Å². The van der Waals surface area contributed by atoms with Gasteiger partial charge in [-0.1, -0.05) is 19.1 Å². The summed E-state index contributed by atoms with van der Waals surface area (Å²) in [6, 6.07) is 7.29. The summed E-state index contributed by atoms with van der Waals surface area (Å²) in [6.45, 7) is 2.08. The second kappa shape index (κ2) is 4.59. The molecule has 0 amide bonds. The van der Waals surface area contributed by atoms with Gasteiger partial charge in [-0.05, 0) is 55.7 Å². The smallest absolute Gasteiger partial charge is 0.123 e. The third kappa shape index (κ3) is 1.87. The Hall–Kier alpha value is -1.35. The van der Waals surface area contributed by atoms with Gasteiger partial charge in [0.2, 0.25) is 0 Å². The van der Waals surface area contributed by atoms with Crippen LogP contribution in [0.15, 0.2) is 24.3 Å². The Balaban J connectivity index is 1.85. The molecule has 20 heavy (non-hydrogen) atoms. The van der Waals surface area contributed by atoms with Crippen LogP contribution in [-0.4, -0.2) is 22.1 Å². The Bertz CT molecular complexity index is 509. The fourth-order valence-corrected chi connectivity index (χ4v) is 4.33. The van der Waals surface area contributed by atoms with Crippen molar-refractivity contribution in [2.45, 2.75) is 50.5 Å². The lowest BCUT2D eigenvalue weighted by molar-refractivity contribution is -0.128. The first-order chi connectivity index (χ1) is 9.48. The normalized spacial score (nSPS) is 40.3. The Morgan fingerprint density at radius 1 is 1.20 bits per heavy atom. The number of hydrogen-bond donors (Lipinski definition) is 2. The molecule has 0 saturated heterocycles. The maximum Gasteiger partial charge on any atom is 0.123 e. The van der Waals surface area contributed by atoms with E-state index >= 15 is 0 Å². The number of carbonyl (C=O) groups is 1. The summed E-state index contributed by atoms with van der Waals surface area (Å²) < 4.78 is 0. The maximum absolute atomic E-state index is 11.3. The topological polar surface area (TPSA) is 57.5 Å². The first-order valence-electron chi connectivity index (χ1n) is 7.45. The van der Waals surface area contributed by atoms with Crippen LogP contribution < -0.4 is 0 Å². The summed E-state index contributed by atoms with van der Waals surface area (Å²) in [5.74, 6) is 0.585. The average molecular weight is 274 g/mol. The van der Waals surface area contributed by atoms with Crippen molar-refractivity contribution in [2.24, 2.45) is 11.3 Å². The molecule has 3 nitrogen and oxygen atoms in total. The molecular weight excluding hydrogens is 252 g/mol. The van der Waals surface area contributed by atoms with Gasteiger partial charge in [0.15, 0.2) is 0 Å². The van der Waals surface area contributed by atoms with E-state index in [0.29, 0.717) is 5.92 Å². The monoisotopic (exact) mass is 274 g/mol. The van der Waals surface area contributed by atoms with Crippen molar-refractivity contribution in [1.29, 1.82) is 0 Å². The number of hydrogen-bond acceptors (Lipinski definition) is 3. The van der Waals surface area contributed by atoms with Gasteiger partial charge < -0.3 is 15.0 Å². The predicted molar refractivity (Wildman–Crippen MR) is 76.5 cm³/mol. The van der Waals surface area contributed by atoms with Crippen molar-refractivity contribution in [3.63, 3.8) is 0 Å². The Morgan fingerprint density at radius 3 is 2.55 bits per heavy atom. The molecular formula is C17H22O3. The van der Waals surface area contributed by atoms with Crippen LogP contribution >= 0.6 is 0 Å². The van der Waals surface area contributed by atoms with Crippen LogP contribution in [0.4, 0.5) is 0 Å². The fourth-order valence-electron chi connectivity index (χ4n) is 4.33. The number of fused-ring (bicyclic) bond motifs is 1. The summed E-state index contributed by atoms with van der Waals surface area (Å²) in [4.78, 5) is 11.3. The second-order valence-corrected chi connectivity index (χ2v) is 6.76. The minimum Gasteiger partial charge on any atom is -0.508 e. The molecule has 2 aliphatic carbocycles. The Kier molecular flexibility index (Phi) is 3.13. The highest BCUT2D eigenvalue weighted by molar-refractivity contribution is 5.57. The summed E-state index contributed by atoms with van der Waals surface area (Å²) >= 11 is 0. The van der Waals surface area contributed by atoms with Crippen LogP contribution in [0.1, 0.15) is 50.5 Å². The van der Waals surface area contributed by atoms with Crippen LogP contribution in [0, 0.1) is 11.3 Å². The largest absolute Gasteiger partial charge is 0.508 e. The maximum atomic E-state index is 11.3. The Labute approximate surface area is 119 Å². The molecule has 0 unspecified atom stereocenters. The quantitative estimate of drug-likeness (QED) is 0.815. The van der Waals surface area contributed by atoms with E-state index in [1.54, 1.807) is 12.1 Å². The van der Waals surface area contributed by atoms with Gasteiger partial charge in [0, 0.05) is 11.3 Å². The van der Waals surface area contributed by atoms with Crippen molar-refractivity contribution >= 4 is 6.29 Å². The molecule has 2 saturated carbocycles. The summed E-state index contributed by atoms with van der Waals surface area (Å²) in [7, 11) is 0. The highest BCUT2D eigenvalue weighted by atomic mass is 16.3. The van der Waals surface area contributed by atoms with Crippen molar-refractivity contribution in [3.05, 3.63) is 29.8 Å². The van der Waals surface area contributed by atoms with Crippen LogP contribution in [0.2, 0.25) is 0 Å². The van der Waals surface area contributed by atoms with E-state index in [2.05, 4.69) is 6.92 Å². The second-order valence-electron chi connectivity index (χ2n) is 6.76. The molecule has 2 fully saturated rings. The lowest BCUT2D eigenvalue weighted by Gasteiger charge is -2.48. The molecule has 0 aliphatic heterocycles. The molecule has 1 aromatic carbocycles. The SMILES string of the molecule is C[C@]12CC[C@H](c3ccc(O)cc3)C[C@@]1(O)CC[C@@H]2C=O. The molecule has 1 aromatic rings. The summed E-state index contributed by atoms with van der Waals surface area (Å²) in [5.41, 5.74) is 0.189. The fraction of sp³-hybridized carbons (Fsp3) is 0.588. The van der Waals surface area contributed by atoms with E-state index in [1.807, 2.05) is 12.1 Å². The minimum atomic E-state index is -0.723. The van der Waals surface area contributed by atoms with Gasteiger partial charge in [-0.25, -0.2) is 0 Å². The molecule has 3 rings (SSSR count). The Morgan fingerprint density at radius 2 is 1.90 bits per heavy atom. The number of benzene rings is 1. The van der Waals surface area contributed by atoms with E-state index in [4.69, 9.17) is 0 Å². The van der Waals surface area contributed by atoms with Gasteiger partial charge in [-0.15, -0.1) is 0 Å². The molecule has 2 N–H and O–H groups in total. The highest BCUT2D eigenvalue weighted by Crippen LogP contribution is 2.60. The molecule has 0 spiro atoms. The van der Waals surface area contributed by atoms with E-state index in [9.17, 15) is 15.0 Å². The highest BCUT2D eigenvalue weighted by Gasteiger charge is 2.58. The first-order valence-corrected chi connectivity index (χ1v) is 7.45. The number of carbonyl (C=O) groups excluding carboxylic acids is 1. The van der Waals surface area contributed by atoms with Crippen LogP contribution in [0.3, 0.4) is 0 Å². The number of phenols is 1. The molecule has 0 bridgehead atoms. The van der Waals surface area contributed by atoms with Crippen molar-refractivity contribution in [2.75, 3.05) is 0 Å². The summed E-state index contributed by atoms with van der Waals surface area (Å²) in [5, 5.41) is 20.4. The first kappa shape index (κ1) is 13.6. The van der Waals surface area contributed by atoms with E-state index in [-0.39, 0.29) is 17.1 Å². The van der Waals surface area contributed by atoms with E-state index in [0.717, 1.165) is 38.4 Å². The zero-order chi connectivity index (χ0) is 14.4. The van der Waals surface area contributed by atoms with Crippen LogP contribution in [0.25, 0.3) is 0 Å².